The van der Waals surface area contributed by atoms with Gasteiger partial charge in [-0.05, 0) is 36.8 Å². The van der Waals surface area contributed by atoms with E-state index in [-0.39, 0.29) is 0 Å². The van der Waals surface area contributed by atoms with Crippen LogP contribution >= 0.6 is 0 Å². The van der Waals surface area contributed by atoms with Crippen LogP contribution in [0.5, 0.6) is 0 Å². The first-order chi connectivity index (χ1) is 8.65. The molecule has 4 heteroatoms. The van der Waals surface area contributed by atoms with Crippen LogP contribution in [-0.4, -0.2) is 6.21 Å². The van der Waals surface area contributed by atoms with E-state index < -0.39 is 11.6 Å². The molecule has 0 saturated heterocycles. The summed E-state index contributed by atoms with van der Waals surface area (Å²) in [4.78, 5) is 0. The Morgan fingerprint density at radius 2 is 1.72 bits per heavy atom. The van der Waals surface area contributed by atoms with Gasteiger partial charge in [-0.1, -0.05) is 23.8 Å². The summed E-state index contributed by atoms with van der Waals surface area (Å²) >= 11 is 0. The Kier molecular flexibility index (Phi) is 3.67. The zero-order valence-electron chi connectivity index (χ0n) is 9.82. The van der Waals surface area contributed by atoms with Crippen molar-refractivity contribution in [3.63, 3.8) is 0 Å². The van der Waals surface area contributed by atoms with Gasteiger partial charge in [0.2, 0.25) is 0 Å². The number of rotatable bonds is 3. The molecule has 2 aromatic rings. The Hall–Kier alpha value is -2.23. The Morgan fingerprint density at radius 3 is 2.39 bits per heavy atom. The lowest BCUT2D eigenvalue weighted by atomic mass is 10.2. The van der Waals surface area contributed by atoms with Crippen molar-refractivity contribution in [2.45, 2.75) is 6.92 Å². The van der Waals surface area contributed by atoms with Gasteiger partial charge in [0.05, 0.1) is 11.9 Å². The molecule has 0 fully saturated rings. The largest absolute Gasteiger partial charge is 0.279 e. The lowest BCUT2D eigenvalue weighted by Gasteiger charge is -2.00. The molecule has 0 heterocycles. The molecule has 0 amide bonds. The number of benzene rings is 2. The average Bonchev–Trinajstić information content (AvgIpc) is 2.36. The molecular weight excluding hydrogens is 234 g/mol. The van der Waals surface area contributed by atoms with E-state index in [1.165, 1.54) is 12.3 Å². The predicted octanol–water partition coefficient (Wildman–Crippen LogP) is 3.72. The fraction of sp³-hybridized carbons (Fsp3) is 0.0714. The van der Waals surface area contributed by atoms with Crippen LogP contribution in [0.4, 0.5) is 14.5 Å². The molecule has 0 unspecified atom stereocenters. The zero-order chi connectivity index (χ0) is 13.0. The third-order valence-electron chi connectivity index (χ3n) is 2.40. The normalized spacial score (nSPS) is 10.8. The van der Waals surface area contributed by atoms with Crippen LogP contribution < -0.4 is 5.43 Å². The second-order valence-corrected chi connectivity index (χ2v) is 3.91. The molecule has 18 heavy (non-hydrogen) atoms. The number of halogens is 2. The van der Waals surface area contributed by atoms with Gasteiger partial charge in [0.15, 0.2) is 11.6 Å². The number of nitrogens with zero attached hydrogens (tertiary/aromatic N) is 1. The van der Waals surface area contributed by atoms with Gasteiger partial charge >= 0.3 is 0 Å². The summed E-state index contributed by atoms with van der Waals surface area (Å²) in [5.74, 6) is -1.74. The Labute approximate surface area is 104 Å². The SMILES string of the molecule is Cc1ccc(N/N=C\c2ccc(F)c(F)c2)cc1. The van der Waals surface area contributed by atoms with E-state index in [1.54, 1.807) is 0 Å². The van der Waals surface area contributed by atoms with Gasteiger partial charge in [0, 0.05) is 0 Å². The highest BCUT2D eigenvalue weighted by Crippen LogP contribution is 2.09. The molecule has 0 radical (unpaired) electrons. The van der Waals surface area contributed by atoms with Gasteiger partial charge in [0.25, 0.3) is 0 Å². The molecule has 0 bridgehead atoms. The predicted molar refractivity (Wildman–Crippen MR) is 68.8 cm³/mol. The summed E-state index contributed by atoms with van der Waals surface area (Å²) in [6.45, 7) is 1.99. The summed E-state index contributed by atoms with van der Waals surface area (Å²) in [5, 5.41) is 3.95. The van der Waals surface area contributed by atoms with Crippen LogP contribution in [-0.2, 0) is 0 Å². The standard InChI is InChI=1S/C14H12F2N2/c1-10-2-5-12(6-3-10)18-17-9-11-4-7-13(15)14(16)8-11/h2-9,18H,1H3/b17-9-. The van der Waals surface area contributed by atoms with Gasteiger partial charge in [0.1, 0.15) is 0 Å². The van der Waals surface area contributed by atoms with Crippen molar-refractivity contribution in [1.29, 1.82) is 0 Å². The lowest BCUT2D eigenvalue weighted by molar-refractivity contribution is 0.508. The molecule has 1 N–H and O–H groups in total. The number of anilines is 1. The molecule has 0 aliphatic rings. The Bertz CT molecular complexity index is 563. The van der Waals surface area contributed by atoms with E-state index in [4.69, 9.17) is 0 Å². The number of hydrazone groups is 1. The van der Waals surface area contributed by atoms with E-state index in [0.717, 1.165) is 23.4 Å². The monoisotopic (exact) mass is 246 g/mol. The first-order valence-electron chi connectivity index (χ1n) is 5.46. The first kappa shape index (κ1) is 12.2. The van der Waals surface area contributed by atoms with E-state index >= 15 is 0 Å². The molecule has 2 aromatic carbocycles. The molecular formula is C14H12F2N2. The smallest absolute Gasteiger partial charge is 0.159 e. The summed E-state index contributed by atoms with van der Waals surface area (Å²) in [5.41, 5.74) is 5.29. The topological polar surface area (TPSA) is 24.4 Å². The third-order valence-corrected chi connectivity index (χ3v) is 2.40. The maximum atomic E-state index is 12.9. The Morgan fingerprint density at radius 1 is 1.00 bits per heavy atom. The molecule has 92 valence electrons. The molecule has 0 saturated carbocycles. The number of hydrogen-bond donors (Lipinski definition) is 1. The van der Waals surface area contributed by atoms with Crippen LogP contribution in [0.1, 0.15) is 11.1 Å². The van der Waals surface area contributed by atoms with Gasteiger partial charge < -0.3 is 0 Å². The summed E-state index contributed by atoms with van der Waals surface area (Å²) in [6, 6.07) is 11.3. The highest BCUT2D eigenvalue weighted by Gasteiger charge is 2.00. The molecule has 0 atom stereocenters. The first-order valence-corrected chi connectivity index (χ1v) is 5.46. The summed E-state index contributed by atoms with van der Waals surface area (Å²) in [6.07, 6.45) is 1.43. The number of nitrogens with one attached hydrogen (secondary N) is 1. The zero-order valence-corrected chi connectivity index (χ0v) is 9.82. The van der Waals surface area contributed by atoms with Crippen LogP contribution in [0.25, 0.3) is 0 Å². The fourth-order valence-corrected chi connectivity index (χ4v) is 1.40. The minimum absolute atomic E-state index is 0.494. The second-order valence-electron chi connectivity index (χ2n) is 3.91. The van der Waals surface area contributed by atoms with Crippen molar-refractivity contribution in [2.24, 2.45) is 5.10 Å². The van der Waals surface area contributed by atoms with Crippen LogP contribution in [0.3, 0.4) is 0 Å². The second kappa shape index (κ2) is 5.40. The van der Waals surface area contributed by atoms with E-state index in [0.29, 0.717) is 5.56 Å². The van der Waals surface area contributed by atoms with Gasteiger partial charge in [-0.25, -0.2) is 8.78 Å². The number of aryl methyl sites for hydroxylation is 1. The molecule has 2 rings (SSSR count). The van der Waals surface area contributed by atoms with Crippen LogP contribution in [0.15, 0.2) is 47.6 Å². The van der Waals surface area contributed by atoms with Crippen molar-refractivity contribution in [2.75, 3.05) is 5.43 Å². The summed E-state index contributed by atoms with van der Waals surface area (Å²) < 4.78 is 25.6. The maximum Gasteiger partial charge on any atom is 0.159 e. The van der Waals surface area contributed by atoms with E-state index in [2.05, 4.69) is 10.5 Å². The maximum absolute atomic E-state index is 12.9. The van der Waals surface area contributed by atoms with Crippen LogP contribution in [0.2, 0.25) is 0 Å². The highest BCUT2D eigenvalue weighted by atomic mass is 19.2. The molecule has 0 aliphatic heterocycles. The fourth-order valence-electron chi connectivity index (χ4n) is 1.40. The third kappa shape index (κ3) is 3.13. The highest BCUT2D eigenvalue weighted by molar-refractivity contribution is 5.80. The van der Waals surface area contributed by atoms with Crippen molar-refractivity contribution < 1.29 is 8.78 Å². The number of hydrogen-bond acceptors (Lipinski definition) is 2. The minimum Gasteiger partial charge on any atom is -0.279 e. The Balaban J connectivity index is 2.02. The molecule has 0 spiro atoms. The van der Waals surface area contributed by atoms with Crippen molar-refractivity contribution in [1.82, 2.24) is 0 Å². The average molecular weight is 246 g/mol. The van der Waals surface area contributed by atoms with Gasteiger partial charge in [-0.15, -0.1) is 0 Å². The molecule has 0 aromatic heterocycles. The van der Waals surface area contributed by atoms with Crippen LogP contribution in [0, 0.1) is 18.6 Å². The van der Waals surface area contributed by atoms with Crippen molar-refractivity contribution in [3.8, 4) is 0 Å². The summed E-state index contributed by atoms with van der Waals surface area (Å²) in [7, 11) is 0. The lowest BCUT2D eigenvalue weighted by Crippen LogP contribution is -1.92. The quantitative estimate of drug-likeness (QED) is 0.647. The van der Waals surface area contributed by atoms with Crippen molar-refractivity contribution in [3.05, 3.63) is 65.2 Å². The molecule has 2 nitrogen and oxygen atoms in total. The molecule has 0 aliphatic carbocycles. The minimum atomic E-state index is -0.880. The van der Waals surface area contributed by atoms with E-state index in [1.807, 2.05) is 31.2 Å². The van der Waals surface area contributed by atoms with Gasteiger partial charge in [-0.3, -0.25) is 5.43 Å². The van der Waals surface area contributed by atoms with Crippen molar-refractivity contribution >= 4 is 11.9 Å². The van der Waals surface area contributed by atoms with Gasteiger partial charge in [-0.2, -0.15) is 5.10 Å². The van der Waals surface area contributed by atoms with E-state index in [9.17, 15) is 8.78 Å².